The third-order valence-electron chi connectivity index (χ3n) is 9.77. The maximum atomic E-state index is 14.0. The molecule has 4 rings (SSSR count). The second kappa shape index (κ2) is 9.07. The average molecular weight is 486 g/mol. The molecule has 188 valence electrons. The lowest BCUT2D eigenvalue weighted by molar-refractivity contribution is -0.139. The van der Waals surface area contributed by atoms with Gasteiger partial charge in [-0.2, -0.15) is 0 Å². The summed E-state index contributed by atoms with van der Waals surface area (Å²) in [6, 6.07) is 0.241. The maximum Gasteiger partial charge on any atom is 0.244 e. The first kappa shape index (κ1) is 25.4. The quantitative estimate of drug-likeness (QED) is 0.543. The van der Waals surface area contributed by atoms with E-state index in [1.165, 1.54) is 5.57 Å². The molecule has 0 heterocycles. The van der Waals surface area contributed by atoms with Crippen LogP contribution in [0, 0.1) is 34.5 Å². The first-order valence-electron chi connectivity index (χ1n) is 13.2. The molecule has 0 bridgehead atoms. The Morgan fingerprint density at radius 3 is 2.44 bits per heavy atom. The Bertz CT molecular complexity index is 938. The topological polar surface area (TPSA) is 75.4 Å². The summed E-state index contributed by atoms with van der Waals surface area (Å²) in [6.45, 7) is 13.0. The van der Waals surface area contributed by atoms with Gasteiger partial charge in [0.25, 0.3) is 0 Å². The lowest BCUT2D eigenvalue weighted by Gasteiger charge is -2.57. The van der Waals surface area contributed by atoms with Crippen molar-refractivity contribution in [1.82, 2.24) is 10.2 Å². The SMILES string of the molecule is CC(C)NC(=S)N(C(=O)[C@H]1CC[C@H]2[C@@H]3CC=C4C=C(C(N)=O)CC[C@]4(C)[C@H]3CC[C@]12C)C(C)C. The number of nitrogens with zero attached hydrogens (tertiary/aromatic N) is 1. The van der Waals surface area contributed by atoms with Gasteiger partial charge in [0.15, 0.2) is 5.11 Å². The second-order valence-electron chi connectivity index (χ2n) is 12.3. The highest BCUT2D eigenvalue weighted by atomic mass is 32.1. The van der Waals surface area contributed by atoms with Gasteiger partial charge in [-0.1, -0.05) is 26.0 Å². The van der Waals surface area contributed by atoms with Crippen molar-refractivity contribution in [2.45, 2.75) is 98.6 Å². The molecule has 0 spiro atoms. The van der Waals surface area contributed by atoms with Gasteiger partial charge in [0.2, 0.25) is 11.8 Å². The Balaban J connectivity index is 1.59. The highest BCUT2D eigenvalue weighted by Crippen LogP contribution is 2.66. The van der Waals surface area contributed by atoms with Crippen LogP contribution in [0.5, 0.6) is 0 Å². The summed E-state index contributed by atoms with van der Waals surface area (Å²) in [5.41, 5.74) is 7.82. The molecule has 0 saturated heterocycles. The van der Waals surface area contributed by atoms with Gasteiger partial charge in [-0.15, -0.1) is 0 Å². The molecule has 6 atom stereocenters. The third-order valence-corrected chi connectivity index (χ3v) is 10.1. The average Bonchev–Trinajstić information content (AvgIpc) is 3.09. The molecular formula is C28H43N3O2S. The van der Waals surface area contributed by atoms with E-state index in [1.807, 2.05) is 4.90 Å². The molecule has 2 fully saturated rings. The van der Waals surface area contributed by atoms with Gasteiger partial charge >= 0.3 is 0 Å². The van der Waals surface area contributed by atoms with Crippen molar-refractivity contribution in [3.63, 3.8) is 0 Å². The Labute approximate surface area is 211 Å². The fourth-order valence-corrected chi connectivity index (χ4v) is 8.54. The van der Waals surface area contributed by atoms with Crippen LogP contribution in [-0.2, 0) is 9.59 Å². The molecule has 2 amide bonds. The molecule has 0 aromatic heterocycles. The molecule has 5 nitrogen and oxygen atoms in total. The highest BCUT2D eigenvalue weighted by molar-refractivity contribution is 7.80. The van der Waals surface area contributed by atoms with Crippen molar-refractivity contribution in [3.05, 3.63) is 23.3 Å². The molecular weight excluding hydrogens is 442 g/mol. The molecule has 2 saturated carbocycles. The smallest absolute Gasteiger partial charge is 0.244 e. The Morgan fingerprint density at radius 1 is 1.12 bits per heavy atom. The zero-order valence-corrected chi connectivity index (χ0v) is 22.6. The van der Waals surface area contributed by atoms with E-state index in [0.717, 1.165) is 50.5 Å². The van der Waals surface area contributed by atoms with Crippen LogP contribution in [-0.4, -0.2) is 33.9 Å². The zero-order valence-electron chi connectivity index (χ0n) is 21.8. The van der Waals surface area contributed by atoms with Gasteiger partial charge in [-0.3, -0.25) is 14.5 Å². The van der Waals surface area contributed by atoms with Crippen LogP contribution in [0.4, 0.5) is 0 Å². The number of carbonyl (C=O) groups is 2. The van der Waals surface area contributed by atoms with E-state index in [2.05, 4.69) is 59.0 Å². The first-order chi connectivity index (χ1) is 15.9. The van der Waals surface area contributed by atoms with Gasteiger partial charge < -0.3 is 11.1 Å². The van der Waals surface area contributed by atoms with E-state index in [4.69, 9.17) is 18.0 Å². The van der Waals surface area contributed by atoms with Crippen molar-refractivity contribution in [2.75, 3.05) is 0 Å². The number of hydrogen-bond donors (Lipinski definition) is 2. The van der Waals surface area contributed by atoms with E-state index in [9.17, 15) is 9.59 Å². The van der Waals surface area contributed by atoms with E-state index >= 15 is 0 Å². The lowest BCUT2D eigenvalue weighted by atomic mass is 9.48. The van der Waals surface area contributed by atoms with Crippen LogP contribution in [0.2, 0.25) is 0 Å². The van der Waals surface area contributed by atoms with Crippen LogP contribution in [0.15, 0.2) is 23.3 Å². The minimum absolute atomic E-state index is 0.0173. The Kier molecular flexibility index (Phi) is 6.78. The molecule has 0 aromatic rings. The van der Waals surface area contributed by atoms with Crippen molar-refractivity contribution in [2.24, 2.45) is 40.2 Å². The van der Waals surface area contributed by atoms with Crippen LogP contribution in [0.3, 0.4) is 0 Å². The molecule has 4 aliphatic carbocycles. The third kappa shape index (κ3) is 4.04. The number of nitrogens with one attached hydrogen (secondary N) is 1. The van der Waals surface area contributed by atoms with Gasteiger partial charge in [-0.05, 0) is 119 Å². The van der Waals surface area contributed by atoms with E-state index < -0.39 is 0 Å². The minimum atomic E-state index is -0.280. The van der Waals surface area contributed by atoms with Crippen LogP contribution >= 0.6 is 12.2 Å². The number of fused-ring (bicyclic) bond motifs is 5. The number of rotatable bonds is 4. The van der Waals surface area contributed by atoms with Crippen LogP contribution in [0.25, 0.3) is 0 Å². The molecule has 0 aromatic carbocycles. The number of amides is 2. The second-order valence-corrected chi connectivity index (χ2v) is 12.7. The predicted molar refractivity (Wildman–Crippen MR) is 141 cm³/mol. The maximum absolute atomic E-state index is 14.0. The molecule has 4 aliphatic rings. The van der Waals surface area contributed by atoms with Crippen molar-refractivity contribution in [1.29, 1.82) is 0 Å². The summed E-state index contributed by atoms with van der Waals surface area (Å²) < 4.78 is 0. The fraction of sp³-hybridized carbons (Fsp3) is 0.750. The number of nitrogens with two attached hydrogens (primary N) is 1. The summed E-state index contributed by atoms with van der Waals surface area (Å²) in [4.78, 5) is 27.6. The molecule has 6 heteroatoms. The number of primary amides is 1. The largest absolute Gasteiger partial charge is 0.366 e. The number of thiocarbonyl (C=S) groups is 1. The number of carbonyl (C=O) groups excluding carboxylic acids is 2. The van der Waals surface area contributed by atoms with Gasteiger partial charge in [0.05, 0.1) is 0 Å². The molecule has 0 radical (unpaired) electrons. The van der Waals surface area contributed by atoms with E-state index in [0.29, 0.717) is 22.9 Å². The molecule has 34 heavy (non-hydrogen) atoms. The van der Waals surface area contributed by atoms with Crippen LogP contribution in [0.1, 0.15) is 86.5 Å². The summed E-state index contributed by atoms with van der Waals surface area (Å²) >= 11 is 5.67. The van der Waals surface area contributed by atoms with Crippen molar-refractivity contribution >= 4 is 29.1 Å². The number of allylic oxidation sites excluding steroid dienone is 3. The summed E-state index contributed by atoms with van der Waals surface area (Å²) in [5, 5.41) is 3.86. The van der Waals surface area contributed by atoms with Crippen molar-refractivity contribution < 1.29 is 9.59 Å². The fourth-order valence-electron chi connectivity index (χ4n) is 8.00. The van der Waals surface area contributed by atoms with Gasteiger partial charge in [0.1, 0.15) is 0 Å². The minimum Gasteiger partial charge on any atom is -0.366 e. The Morgan fingerprint density at radius 2 is 1.82 bits per heavy atom. The first-order valence-corrected chi connectivity index (χ1v) is 13.7. The van der Waals surface area contributed by atoms with Crippen LogP contribution < -0.4 is 11.1 Å². The Hall–Kier alpha value is -1.69. The zero-order chi connectivity index (χ0) is 25.0. The van der Waals surface area contributed by atoms with Gasteiger partial charge in [-0.25, -0.2) is 0 Å². The standard InChI is InChI=1S/C28H43N3O2S/c1-16(2)30-26(34)31(17(3)4)25(33)23-10-9-21-20-8-7-19-15-18(24(29)32)11-13-27(19,5)22(20)12-14-28(21,23)6/h7,15-17,20-23H,8-14H2,1-6H3,(H2,29,32)(H,30,34)/t20-,21-,22-,23+,27-,28-/m0/s1. The number of hydrogen-bond acceptors (Lipinski definition) is 3. The van der Waals surface area contributed by atoms with Gasteiger partial charge in [0, 0.05) is 23.6 Å². The predicted octanol–water partition coefficient (Wildman–Crippen LogP) is 5.11. The molecule has 3 N–H and O–H groups in total. The molecule has 0 unspecified atom stereocenters. The van der Waals surface area contributed by atoms with Crippen molar-refractivity contribution in [3.8, 4) is 0 Å². The van der Waals surface area contributed by atoms with E-state index in [-0.39, 0.29) is 40.6 Å². The summed E-state index contributed by atoms with van der Waals surface area (Å²) in [6.07, 6.45) is 11.6. The normalized spacial score (nSPS) is 36.7. The molecule has 0 aliphatic heterocycles. The lowest BCUT2D eigenvalue weighted by Crippen LogP contribution is -2.55. The summed E-state index contributed by atoms with van der Waals surface area (Å²) in [5.74, 6) is 1.72. The van der Waals surface area contributed by atoms with E-state index in [1.54, 1.807) is 0 Å². The highest BCUT2D eigenvalue weighted by Gasteiger charge is 2.60. The monoisotopic (exact) mass is 485 g/mol. The summed E-state index contributed by atoms with van der Waals surface area (Å²) in [7, 11) is 0.